The molecule has 0 radical (unpaired) electrons. The number of nitrogens with one attached hydrogen (secondary N) is 1. The van der Waals surface area contributed by atoms with Gasteiger partial charge in [-0.3, -0.25) is 14.2 Å². The summed E-state index contributed by atoms with van der Waals surface area (Å²) in [4.78, 5) is 28.7. The Morgan fingerprint density at radius 1 is 1.17 bits per heavy atom. The molecule has 5 nitrogen and oxygen atoms in total. The molecule has 0 saturated carbocycles. The minimum Gasteiger partial charge on any atom is -0.352 e. The molecule has 24 heavy (non-hydrogen) atoms. The number of aromatic nitrogens is 2. The third-order valence-electron chi connectivity index (χ3n) is 3.70. The van der Waals surface area contributed by atoms with Crippen molar-refractivity contribution in [3.05, 3.63) is 75.2 Å². The fourth-order valence-electron chi connectivity index (χ4n) is 2.40. The summed E-state index contributed by atoms with van der Waals surface area (Å²) in [5, 5.41) is 3.39. The number of benzene rings is 2. The quantitative estimate of drug-likeness (QED) is 0.734. The standard InChI is InChI=1S/C18H16BrN3O2/c19-14-6-7-16-15(10-14)18(24)22(12-21-16)9-8-17(23)20-11-13-4-2-1-3-5-13/h1-7,10,12H,8-9,11H2,(H,20,23). The van der Waals surface area contributed by atoms with Crippen molar-refractivity contribution in [1.82, 2.24) is 14.9 Å². The molecule has 1 aromatic heterocycles. The first-order chi connectivity index (χ1) is 11.6. The van der Waals surface area contributed by atoms with Gasteiger partial charge in [0, 0.05) is 24.0 Å². The first-order valence-electron chi connectivity index (χ1n) is 7.59. The van der Waals surface area contributed by atoms with Crippen LogP contribution in [0.15, 0.2) is 64.1 Å². The summed E-state index contributed by atoms with van der Waals surface area (Å²) in [5.41, 5.74) is 1.55. The lowest BCUT2D eigenvalue weighted by molar-refractivity contribution is -0.121. The molecule has 122 valence electrons. The van der Waals surface area contributed by atoms with Crippen LogP contribution >= 0.6 is 15.9 Å². The molecule has 0 atom stereocenters. The van der Waals surface area contributed by atoms with Crippen LogP contribution in [0.5, 0.6) is 0 Å². The van der Waals surface area contributed by atoms with Crippen LogP contribution in [0.25, 0.3) is 10.9 Å². The van der Waals surface area contributed by atoms with E-state index in [4.69, 9.17) is 0 Å². The van der Waals surface area contributed by atoms with Gasteiger partial charge in [-0.2, -0.15) is 0 Å². The van der Waals surface area contributed by atoms with Gasteiger partial charge in [0.15, 0.2) is 0 Å². The summed E-state index contributed by atoms with van der Waals surface area (Å²) in [5.74, 6) is -0.0971. The number of nitrogens with zero attached hydrogens (tertiary/aromatic N) is 2. The molecule has 1 amide bonds. The topological polar surface area (TPSA) is 64.0 Å². The zero-order valence-corrected chi connectivity index (χ0v) is 14.5. The van der Waals surface area contributed by atoms with Crippen molar-refractivity contribution < 1.29 is 4.79 Å². The summed E-state index contributed by atoms with van der Waals surface area (Å²) < 4.78 is 2.30. The van der Waals surface area contributed by atoms with Crippen LogP contribution in [0, 0.1) is 0 Å². The highest BCUT2D eigenvalue weighted by atomic mass is 79.9. The zero-order chi connectivity index (χ0) is 16.9. The van der Waals surface area contributed by atoms with E-state index in [2.05, 4.69) is 26.2 Å². The Bertz CT molecular complexity index is 922. The minimum atomic E-state index is -0.142. The van der Waals surface area contributed by atoms with Gasteiger partial charge < -0.3 is 5.32 Å². The van der Waals surface area contributed by atoms with Crippen molar-refractivity contribution in [1.29, 1.82) is 0 Å². The molecule has 0 unspecified atom stereocenters. The fraction of sp³-hybridized carbons (Fsp3) is 0.167. The lowest BCUT2D eigenvalue weighted by Gasteiger charge is -2.08. The van der Waals surface area contributed by atoms with Crippen molar-refractivity contribution >= 4 is 32.7 Å². The molecule has 6 heteroatoms. The predicted molar refractivity (Wildman–Crippen MR) is 96.6 cm³/mol. The molecule has 0 aliphatic carbocycles. The minimum absolute atomic E-state index is 0.0971. The molecule has 3 rings (SSSR count). The maximum absolute atomic E-state index is 12.4. The number of amides is 1. The molecular formula is C18H16BrN3O2. The Hall–Kier alpha value is -2.47. The highest BCUT2D eigenvalue weighted by Gasteiger charge is 2.07. The molecule has 1 N–H and O–H groups in total. The molecule has 1 heterocycles. The number of rotatable bonds is 5. The van der Waals surface area contributed by atoms with Crippen molar-refractivity contribution in [2.75, 3.05) is 0 Å². The summed E-state index contributed by atoms with van der Waals surface area (Å²) in [6.07, 6.45) is 1.72. The molecular weight excluding hydrogens is 370 g/mol. The van der Waals surface area contributed by atoms with Gasteiger partial charge in [-0.15, -0.1) is 0 Å². The second-order valence-corrected chi connectivity index (χ2v) is 6.33. The maximum atomic E-state index is 12.4. The van der Waals surface area contributed by atoms with Crippen molar-refractivity contribution in [3.8, 4) is 0 Å². The van der Waals surface area contributed by atoms with Crippen LogP contribution in [0.2, 0.25) is 0 Å². The molecule has 0 bridgehead atoms. The average molecular weight is 386 g/mol. The van der Waals surface area contributed by atoms with Crippen molar-refractivity contribution in [2.45, 2.75) is 19.5 Å². The SMILES string of the molecule is O=C(CCn1cnc2ccc(Br)cc2c1=O)NCc1ccccc1. The summed E-state index contributed by atoms with van der Waals surface area (Å²) in [6, 6.07) is 15.1. The lowest BCUT2D eigenvalue weighted by atomic mass is 10.2. The van der Waals surface area contributed by atoms with Gasteiger partial charge in [0.1, 0.15) is 0 Å². The molecule has 0 aliphatic heterocycles. The Balaban J connectivity index is 1.64. The molecule has 0 aliphatic rings. The highest BCUT2D eigenvalue weighted by molar-refractivity contribution is 9.10. The van der Waals surface area contributed by atoms with Crippen molar-refractivity contribution in [2.24, 2.45) is 0 Å². The van der Waals surface area contributed by atoms with Gasteiger partial charge in [-0.05, 0) is 23.8 Å². The van der Waals surface area contributed by atoms with E-state index in [0.29, 0.717) is 24.0 Å². The lowest BCUT2D eigenvalue weighted by Crippen LogP contribution is -2.27. The van der Waals surface area contributed by atoms with Crippen molar-refractivity contribution in [3.63, 3.8) is 0 Å². The maximum Gasteiger partial charge on any atom is 0.261 e. The number of hydrogen-bond acceptors (Lipinski definition) is 3. The van der Waals surface area contributed by atoms with E-state index in [-0.39, 0.29) is 17.9 Å². The molecule has 2 aromatic carbocycles. The van der Waals surface area contributed by atoms with E-state index in [1.807, 2.05) is 36.4 Å². The van der Waals surface area contributed by atoms with E-state index in [1.54, 1.807) is 12.1 Å². The molecule has 0 fully saturated rings. The number of aryl methyl sites for hydroxylation is 1. The highest BCUT2D eigenvalue weighted by Crippen LogP contribution is 2.14. The number of halogens is 1. The molecule has 3 aromatic rings. The number of hydrogen-bond donors (Lipinski definition) is 1. The fourth-order valence-corrected chi connectivity index (χ4v) is 2.76. The van der Waals surface area contributed by atoms with Crippen LogP contribution in [-0.4, -0.2) is 15.5 Å². The number of carbonyl (C=O) groups is 1. The van der Waals surface area contributed by atoms with Gasteiger partial charge in [-0.25, -0.2) is 4.98 Å². The smallest absolute Gasteiger partial charge is 0.261 e. The van der Waals surface area contributed by atoms with Crippen LogP contribution in [-0.2, 0) is 17.9 Å². The second kappa shape index (κ2) is 7.40. The van der Waals surface area contributed by atoms with E-state index in [0.717, 1.165) is 10.0 Å². The Morgan fingerprint density at radius 2 is 1.96 bits per heavy atom. The van der Waals surface area contributed by atoms with E-state index in [1.165, 1.54) is 10.9 Å². The second-order valence-electron chi connectivity index (χ2n) is 5.42. The van der Waals surface area contributed by atoms with E-state index < -0.39 is 0 Å². The molecule has 0 spiro atoms. The first kappa shape index (κ1) is 16.4. The number of fused-ring (bicyclic) bond motifs is 1. The van der Waals surface area contributed by atoms with Gasteiger partial charge in [0.25, 0.3) is 5.56 Å². The average Bonchev–Trinajstić information content (AvgIpc) is 2.61. The third-order valence-corrected chi connectivity index (χ3v) is 4.19. The number of carbonyl (C=O) groups excluding carboxylic acids is 1. The Kier molecular flexibility index (Phi) is 5.05. The normalized spacial score (nSPS) is 10.7. The van der Waals surface area contributed by atoms with Gasteiger partial charge in [-0.1, -0.05) is 46.3 Å². The monoisotopic (exact) mass is 385 g/mol. The van der Waals surface area contributed by atoms with Crippen LogP contribution < -0.4 is 10.9 Å². The summed E-state index contributed by atoms with van der Waals surface area (Å²) in [7, 11) is 0. The van der Waals surface area contributed by atoms with Crippen LogP contribution in [0.4, 0.5) is 0 Å². The van der Waals surface area contributed by atoms with Crippen LogP contribution in [0.1, 0.15) is 12.0 Å². The zero-order valence-electron chi connectivity index (χ0n) is 12.9. The molecule has 0 saturated heterocycles. The van der Waals surface area contributed by atoms with Crippen LogP contribution in [0.3, 0.4) is 0 Å². The summed E-state index contributed by atoms with van der Waals surface area (Å²) in [6.45, 7) is 0.784. The Labute approximate surface area is 147 Å². The van der Waals surface area contributed by atoms with E-state index in [9.17, 15) is 9.59 Å². The Morgan fingerprint density at radius 3 is 2.75 bits per heavy atom. The predicted octanol–water partition coefficient (Wildman–Crippen LogP) is 2.87. The first-order valence-corrected chi connectivity index (χ1v) is 8.38. The largest absolute Gasteiger partial charge is 0.352 e. The van der Waals surface area contributed by atoms with E-state index >= 15 is 0 Å². The van der Waals surface area contributed by atoms with Gasteiger partial charge in [0.05, 0.1) is 17.2 Å². The summed E-state index contributed by atoms with van der Waals surface area (Å²) >= 11 is 3.36. The third kappa shape index (κ3) is 3.89. The van der Waals surface area contributed by atoms with Gasteiger partial charge >= 0.3 is 0 Å². The van der Waals surface area contributed by atoms with Gasteiger partial charge in [0.2, 0.25) is 5.91 Å².